The molecule has 1 aromatic heterocycles. The number of rotatable bonds is 4. The molecule has 90 valence electrons. The molecule has 0 N–H and O–H groups in total. The van der Waals surface area contributed by atoms with E-state index in [4.69, 9.17) is 16.3 Å². The Kier molecular flexibility index (Phi) is 4.58. The Balaban J connectivity index is 1.81. The van der Waals surface area contributed by atoms with Gasteiger partial charge < -0.3 is 4.74 Å². The predicted molar refractivity (Wildman–Crippen MR) is 67.2 cm³/mol. The van der Waals surface area contributed by atoms with E-state index in [0.29, 0.717) is 11.9 Å². The van der Waals surface area contributed by atoms with Crippen LogP contribution in [0.1, 0.15) is 17.6 Å². The van der Waals surface area contributed by atoms with Gasteiger partial charge in [0.05, 0.1) is 29.8 Å². The lowest BCUT2D eigenvalue weighted by Gasteiger charge is -2.32. The number of alkyl halides is 1. The van der Waals surface area contributed by atoms with Crippen LogP contribution in [0.5, 0.6) is 0 Å². The number of morpholine rings is 1. The summed E-state index contributed by atoms with van der Waals surface area (Å²) in [5, 5.41) is 3.24. The van der Waals surface area contributed by atoms with Gasteiger partial charge >= 0.3 is 0 Å². The number of hydrogen-bond acceptors (Lipinski definition) is 4. The van der Waals surface area contributed by atoms with Crippen molar-refractivity contribution in [2.75, 3.05) is 26.3 Å². The molecule has 1 aliphatic rings. The zero-order chi connectivity index (χ0) is 11.4. The molecule has 1 unspecified atom stereocenters. The Hall–Kier alpha value is -0.160. The second-order valence-corrected chi connectivity index (χ2v) is 5.29. The molecule has 0 amide bonds. The molecule has 1 aliphatic heterocycles. The summed E-state index contributed by atoms with van der Waals surface area (Å²) >= 11 is 7.44. The summed E-state index contributed by atoms with van der Waals surface area (Å²) in [6, 6.07) is 0.529. The van der Waals surface area contributed by atoms with E-state index in [-0.39, 0.29) is 0 Å². The lowest BCUT2D eigenvalue weighted by atomic mass is 10.2. The van der Waals surface area contributed by atoms with Crippen LogP contribution in [0.4, 0.5) is 0 Å². The van der Waals surface area contributed by atoms with Crippen molar-refractivity contribution < 1.29 is 4.74 Å². The van der Waals surface area contributed by atoms with Crippen molar-refractivity contribution in [3.8, 4) is 0 Å². The number of halogens is 1. The second-order valence-electron chi connectivity index (χ2n) is 4.08. The van der Waals surface area contributed by atoms with Crippen LogP contribution < -0.4 is 0 Å². The van der Waals surface area contributed by atoms with E-state index in [1.807, 2.05) is 5.38 Å². The smallest absolute Gasteiger partial charge is 0.0941 e. The topological polar surface area (TPSA) is 25.4 Å². The fourth-order valence-electron chi connectivity index (χ4n) is 1.86. The second kappa shape index (κ2) is 5.96. The highest BCUT2D eigenvalue weighted by Crippen LogP contribution is 2.14. The number of thiazole rings is 1. The fraction of sp³-hybridized carbons (Fsp3) is 0.727. The van der Waals surface area contributed by atoms with E-state index in [1.165, 1.54) is 5.01 Å². The van der Waals surface area contributed by atoms with E-state index >= 15 is 0 Å². The molecule has 5 heteroatoms. The molecule has 1 atom stereocenters. The molecular formula is C11H17ClN2OS. The molecule has 0 aromatic carbocycles. The Morgan fingerprint density at radius 1 is 1.69 bits per heavy atom. The van der Waals surface area contributed by atoms with Crippen molar-refractivity contribution in [2.45, 2.75) is 25.3 Å². The molecule has 2 rings (SSSR count). The van der Waals surface area contributed by atoms with Gasteiger partial charge in [0.15, 0.2) is 0 Å². The number of hydrogen-bond donors (Lipinski definition) is 0. The van der Waals surface area contributed by atoms with Gasteiger partial charge in [0.1, 0.15) is 0 Å². The average molecular weight is 261 g/mol. The van der Waals surface area contributed by atoms with Crippen molar-refractivity contribution in [1.82, 2.24) is 9.88 Å². The van der Waals surface area contributed by atoms with Crippen LogP contribution in [-0.4, -0.2) is 42.2 Å². The van der Waals surface area contributed by atoms with Crippen LogP contribution >= 0.6 is 22.9 Å². The maximum Gasteiger partial charge on any atom is 0.0941 e. The Bertz CT molecular complexity index is 332. The number of aromatic nitrogens is 1. The van der Waals surface area contributed by atoms with Crippen LogP contribution in [-0.2, 0) is 17.0 Å². The molecule has 0 aliphatic carbocycles. The minimum absolute atomic E-state index is 0.518. The highest BCUT2D eigenvalue weighted by Gasteiger charge is 2.18. The zero-order valence-electron chi connectivity index (χ0n) is 9.49. The van der Waals surface area contributed by atoms with Crippen LogP contribution in [0.15, 0.2) is 5.38 Å². The van der Waals surface area contributed by atoms with Crippen molar-refractivity contribution >= 4 is 22.9 Å². The van der Waals surface area contributed by atoms with Crippen LogP contribution in [0.3, 0.4) is 0 Å². The largest absolute Gasteiger partial charge is 0.379 e. The van der Waals surface area contributed by atoms with E-state index in [9.17, 15) is 0 Å². The Morgan fingerprint density at radius 3 is 3.25 bits per heavy atom. The van der Waals surface area contributed by atoms with Gasteiger partial charge in [0, 0.05) is 30.9 Å². The maximum absolute atomic E-state index is 5.73. The first-order valence-corrected chi connectivity index (χ1v) is 7.02. The third kappa shape index (κ3) is 3.17. The average Bonchev–Trinajstić information content (AvgIpc) is 2.76. The molecule has 1 saturated heterocycles. The highest BCUT2D eigenvalue weighted by molar-refractivity contribution is 7.09. The lowest BCUT2D eigenvalue weighted by molar-refractivity contribution is 0.000356. The first-order chi connectivity index (χ1) is 7.79. The maximum atomic E-state index is 5.73. The third-order valence-corrected chi connectivity index (χ3v) is 4.09. The number of ether oxygens (including phenoxy) is 1. The highest BCUT2D eigenvalue weighted by atomic mass is 35.5. The zero-order valence-corrected chi connectivity index (χ0v) is 11.1. The Morgan fingerprint density at radius 2 is 2.56 bits per heavy atom. The molecule has 0 spiro atoms. The SMILES string of the molecule is CC1COCCN1CCc1nc(CCl)cs1. The van der Waals surface area contributed by atoms with Crippen LogP contribution in [0.2, 0.25) is 0 Å². The standard InChI is InChI=1S/C11H17ClN2OS/c1-9-7-15-5-4-14(9)3-2-11-13-10(6-12)8-16-11/h8-9H,2-7H2,1H3. The Labute approximate surface area is 105 Å². The summed E-state index contributed by atoms with van der Waals surface area (Å²) in [6.07, 6.45) is 1.02. The molecule has 3 nitrogen and oxygen atoms in total. The quantitative estimate of drug-likeness (QED) is 0.776. The monoisotopic (exact) mass is 260 g/mol. The first-order valence-electron chi connectivity index (χ1n) is 5.60. The van der Waals surface area contributed by atoms with Gasteiger partial charge in [-0.15, -0.1) is 22.9 Å². The lowest BCUT2D eigenvalue weighted by Crippen LogP contribution is -2.44. The van der Waals surface area contributed by atoms with E-state index in [0.717, 1.165) is 38.4 Å². The summed E-state index contributed by atoms with van der Waals surface area (Å²) in [4.78, 5) is 6.93. The summed E-state index contributed by atoms with van der Waals surface area (Å²) in [6.45, 7) is 6.03. The van der Waals surface area contributed by atoms with Gasteiger partial charge in [0.25, 0.3) is 0 Å². The molecule has 0 saturated carbocycles. The molecule has 1 fully saturated rings. The van der Waals surface area contributed by atoms with Crippen LogP contribution in [0.25, 0.3) is 0 Å². The normalized spacial score (nSPS) is 22.5. The fourth-order valence-corrected chi connectivity index (χ4v) is 2.87. The van der Waals surface area contributed by atoms with Gasteiger partial charge in [0.2, 0.25) is 0 Å². The van der Waals surface area contributed by atoms with Crippen LogP contribution in [0, 0.1) is 0 Å². The van der Waals surface area contributed by atoms with Crippen molar-refractivity contribution in [3.63, 3.8) is 0 Å². The summed E-state index contributed by atoms with van der Waals surface area (Å²) < 4.78 is 5.41. The molecular weight excluding hydrogens is 244 g/mol. The van der Waals surface area contributed by atoms with Gasteiger partial charge in [-0.25, -0.2) is 4.98 Å². The van der Waals surface area contributed by atoms with E-state index in [1.54, 1.807) is 11.3 Å². The first kappa shape index (κ1) is 12.3. The minimum atomic E-state index is 0.518. The third-order valence-electron chi connectivity index (χ3n) is 2.85. The van der Waals surface area contributed by atoms with Crippen molar-refractivity contribution in [2.24, 2.45) is 0 Å². The van der Waals surface area contributed by atoms with Gasteiger partial charge in [-0.3, -0.25) is 4.90 Å². The number of nitrogens with zero attached hydrogens (tertiary/aromatic N) is 2. The molecule has 0 radical (unpaired) electrons. The summed E-state index contributed by atoms with van der Waals surface area (Å²) in [5.41, 5.74) is 0.997. The molecule has 1 aromatic rings. The van der Waals surface area contributed by atoms with Crippen molar-refractivity contribution in [3.05, 3.63) is 16.1 Å². The van der Waals surface area contributed by atoms with E-state index in [2.05, 4.69) is 16.8 Å². The summed E-state index contributed by atoms with van der Waals surface area (Å²) in [5.74, 6) is 0.518. The van der Waals surface area contributed by atoms with E-state index < -0.39 is 0 Å². The summed E-state index contributed by atoms with van der Waals surface area (Å²) in [7, 11) is 0. The molecule has 2 heterocycles. The van der Waals surface area contributed by atoms with Gasteiger partial charge in [-0.2, -0.15) is 0 Å². The van der Waals surface area contributed by atoms with Crippen molar-refractivity contribution in [1.29, 1.82) is 0 Å². The predicted octanol–water partition coefficient (Wildman–Crippen LogP) is 2.15. The van der Waals surface area contributed by atoms with Gasteiger partial charge in [-0.1, -0.05) is 0 Å². The van der Waals surface area contributed by atoms with Gasteiger partial charge in [-0.05, 0) is 6.92 Å². The molecule has 16 heavy (non-hydrogen) atoms. The minimum Gasteiger partial charge on any atom is -0.379 e. The molecule has 0 bridgehead atoms.